The van der Waals surface area contributed by atoms with Crippen molar-refractivity contribution in [2.24, 2.45) is 0 Å². The minimum absolute atomic E-state index is 0.112. The molecule has 0 aliphatic rings. The fraction of sp³-hybridized carbons (Fsp3) is 0.931. The summed E-state index contributed by atoms with van der Waals surface area (Å²) >= 11 is 0. The highest BCUT2D eigenvalue weighted by molar-refractivity contribution is 6.30. The van der Waals surface area contributed by atoms with E-state index < -0.39 is 19.5 Å². The van der Waals surface area contributed by atoms with Crippen molar-refractivity contribution in [1.29, 1.82) is 0 Å². The molecule has 0 N–H and O–H groups in total. The molecule has 0 heterocycles. The van der Waals surface area contributed by atoms with E-state index >= 15 is 0 Å². The van der Waals surface area contributed by atoms with Gasteiger partial charge >= 0.3 is 0 Å². The van der Waals surface area contributed by atoms with Crippen molar-refractivity contribution in [3.8, 4) is 0 Å². The third-order valence-electron chi connectivity index (χ3n) is 6.78. The van der Waals surface area contributed by atoms with Crippen LogP contribution in [0.25, 0.3) is 0 Å². The third-order valence-corrected chi connectivity index (χ3v) is 9.41. The summed E-state index contributed by atoms with van der Waals surface area (Å²) in [5.41, 5.74) is 0. The molecule has 0 unspecified atom stereocenters. The molecule has 0 aliphatic heterocycles. The average Bonchev–Trinajstić information content (AvgIpc) is 2.85. The fourth-order valence-electron chi connectivity index (χ4n) is 4.43. The van der Waals surface area contributed by atoms with Crippen LogP contribution in [0.3, 0.4) is 0 Å². The minimum Gasteiger partial charge on any atom is -0.525 e. The average molecular weight is 529 g/mol. The first-order valence-electron chi connectivity index (χ1n) is 15.5. The summed E-state index contributed by atoms with van der Waals surface area (Å²) in [4.78, 5) is 23.7. The minimum atomic E-state index is -0.729. The molecular formula is C29H60O4Si2. The van der Waals surface area contributed by atoms with Gasteiger partial charge in [0.25, 0.3) is 11.9 Å². The quantitative estimate of drug-likeness (QED) is 0.0760. The van der Waals surface area contributed by atoms with Crippen molar-refractivity contribution in [2.75, 3.05) is 0 Å². The number of unbranched alkanes of at least 4 members (excludes halogenated alkanes) is 18. The van der Waals surface area contributed by atoms with Crippen LogP contribution in [-0.2, 0) is 18.4 Å². The van der Waals surface area contributed by atoms with Gasteiger partial charge in [-0.05, 0) is 18.5 Å². The van der Waals surface area contributed by atoms with Gasteiger partial charge < -0.3 is 8.85 Å². The summed E-state index contributed by atoms with van der Waals surface area (Å²) in [6.45, 7) is 4.53. The van der Waals surface area contributed by atoms with E-state index in [2.05, 4.69) is 13.8 Å². The highest BCUT2D eigenvalue weighted by atomic mass is 28.2. The Morgan fingerprint density at radius 2 is 0.714 bits per heavy atom. The predicted octanol–water partition coefficient (Wildman–Crippen LogP) is 8.09. The van der Waals surface area contributed by atoms with Gasteiger partial charge in [-0.1, -0.05) is 142 Å². The van der Waals surface area contributed by atoms with Crippen molar-refractivity contribution in [3.05, 3.63) is 0 Å². The molecule has 6 heteroatoms. The first kappa shape index (κ1) is 34.4. The van der Waals surface area contributed by atoms with Gasteiger partial charge in [0.15, 0.2) is 0 Å². The number of hydrogen-bond acceptors (Lipinski definition) is 4. The summed E-state index contributed by atoms with van der Waals surface area (Å²) in [5, 5.41) is 0. The molecule has 0 saturated heterocycles. The molecule has 0 radical (unpaired) electrons. The van der Waals surface area contributed by atoms with Crippen molar-refractivity contribution in [1.82, 2.24) is 0 Å². The Morgan fingerprint density at radius 3 is 1.03 bits per heavy atom. The molecule has 0 aromatic carbocycles. The van der Waals surface area contributed by atoms with E-state index in [1.807, 2.05) is 0 Å². The molecule has 0 atom stereocenters. The number of carbonyl (C=O) groups is 2. The van der Waals surface area contributed by atoms with Crippen LogP contribution in [0.4, 0.5) is 0 Å². The Bertz CT molecular complexity index is 420. The topological polar surface area (TPSA) is 52.6 Å². The summed E-state index contributed by atoms with van der Waals surface area (Å²) in [6, 6.07) is 2.18. The van der Waals surface area contributed by atoms with Crippen LogP contribution in [0.15, 0.2) is 0 Å². The molecule has 0 rings (SSSR count). The van der Waals surface area contributed by atoms with E-state index in [-0.39, 0.29) is 11.9 Å². The second-order valence-corrected chi connectivity index (χ2v) is 13.2. The van der Waals surface area contributed by atoms with Gasteiger partial charge in [0.05, 0.1) is 0 Å². The molecule has 0 amide bonds. The van der Waals surface area contributed by atoms with E-state index in [9.17, 15) is 9.59 Å². The van der Waals surface area contributed by atoms with Gasteiger partial charge in [0.1, 0.15) is 0 Å². The van der Waals surface area contributed by atoms with Gasteiger partial charge in [-0.2, -0.15) is 0 Å². The number of rotatable bonds is 28. The summed E-state index contributed by atoms with van der Waals surface area (Å²) in [6.07, 6.45) is 28.1. The predicted molar refractivity (Wildman–Crippen MR) is 156 cm³/mol. The van der Waals surface area contributed by atoms with Gasteiger partial charge in [-0.15, -0.1) is 0 Å². The van der Waals surface area contributed by atoms with Crippen LogP contribution in [-0.4, -0.2) is 31.5 Å². The zero-order valence-electron chi connectivity index (χ0n) is 23.7. The monoisotopic (exact) mass is 528 g/mol. The van der Waals surface area contributed by atoms with Gasteiger partial charge in [0.2, 0.25) is 19.5 Å². The number of carbonyl (C=O) groups excluding carboxylic acids is 2. The summed E-state index contributed by atoms with van der Waals surface area (Å²) < 4.78 is 10.9. The van der Waals surface area contributed by atoms with E-state index in [4.69, 9.17) is 8.85 Å². The van der Waals surface area contributed by atoms with Crippen molar-refractivity contribution in [2.45, 2.75) is 174 Å². The standard InChI is InChI=1S/C29H60O4Si2/c1-3-5-7-9-11-13-15-17-19-21-26-34-32-28(30)24-23-25-29(31)33-35-27-22-20-18-16-14-12-10-8-6-4-2/h3-27,34-35H2,1-2H3. The second-order valence-electron chi connectivity index (χ2n) is 10.4. The Morgan fingerprint density at radius 1 is 0.429 bits per heavy atom. The first-order chi connectivity index (χ1) is 17.2. The molecule has 0 saturated carbocycles. The maximum Gasteiger partial charge on any atom is 0.292 e. The Kier molecular flexibility index (Phi) is 29.1. The lowest BCUT2D eigenvalue weighted by Gasteiger charge is -2.06. The lowest BCUT2D eigenvalue weighted by Crippen LogP contribution is -2.11. The lowest BCUT2D eigenvalue weighted by molar-refractivity contribution is -0.136. The van der Waals surface area contributed by atoms with Gasteiger partial charge in [0, 0.05) is 12.8 Å². The van der Waals surface area contributed by atoms with Crippen LogP contribution in [0.1, 0.15) is 162 Å². The van der Waals surface area contributed by atoms with E-state index in [0.717, 1.165) is 12.1 Å². The van der Waals surface area contributed by atoms with Crippen LogP contribution in [0.5, 0.6) is 0 Å². The molecule has 4 nitrogen and oxygen atoms in total. The molecule has 0 bridgehead atoms. The highest BCUT2D eigenvalue weighted by Crippen LogP contribution is 2.12. The highest BCUT2D eigenvalue weighted by Gasteiger charge is 2.07. The molecule has 0 aromatic rings. The second kappa shape index (κ2) is 29.6. The number of hydrogen-bond donors (Lipinski definition) is 0. The third kappa shape index (κ3) is 29.5. The molecular weight excluding hydrogens is 468 g/mol. The summed E-state index contributed by atoms with van der Waals surface area (Å²) in [5.74, 6) is -0.224. The van der Waals surface area contributed by atoms with E-state index in [1.165, 1.54) is 128 Å². The zero-order valence-corrected chi connectivity index (χ0v) is 26.6. The zero-order chi connectivity index (χ0) is 25.7. The van der Waals surface area contributed by atoms with Gasteiger partial charge in [-0.3, -0.25) is 9.59 Å². The molecule has 0 spiro atoms. The molecule has 0 aromatic heterocycles. The molecule has 208 valence electrons. The van der Waals surface area contributed by atoms with E-state index in [0.29, 0.717) is 19.3 Å². The van der Waals surface area contributed by atoms with Crippen LogP contribution in [0.2, 0.25) is 12.1 Å². The maximum absolute atomic E-state index is 11.8. The Labute approximate surface area is 223 Å². The van der Waals surface area contributed by atoms with Gasteiger partial charge in [-0.25, -0.2) is 0 Å². The van der Waals surface area contributed by atoms with Crippen LogP contribution < -0.4 is 0 Å². The van der Waals surface area contributed by atoms with E-state index in [1.54, 1.807) is 0 Å². The Hall–Kier alpha value is -0.626. The lowest BCUT2D eigenvalue weighted by atomic mass is 10.1. The van der Waals surface area contributed by atoms with Crippen LogP contribution in [0, 0.1) is 0 Å². The Balaban J connectivity index is 3.28. The van der Waals surface area contributed by atoms with Crippen molar-refractivity contribution >= 4 is 31.5 Å². The smallest absolute Gasteiger partial charge is 0.292 e. The summed E-state index contributed by atoms with van der Waals surface area (Å²) in [7, 11) is -1.46. The maximum atomic E-state index is 11.8. The first-order valence-corrected chi connectivity index (χ1v) is 18.7. The SMILES string of the molecule is CCCCCCCCCCCC[SiH2]OC(=O)CCCC(=O)O[SiH2]CCCCCCCCCCCC. The van der Waals surface area contributed by atoms with Crippen LogP contribution >= 0.6 is 0 Å². The normalized spacial score (nSPS) is 11.7. The van der Waals surface area contributed by atoms with Crippen molar-refractivity contribution < 1.29 is 18.4 Å². The molecule has 35 heavy (non-hydrogen) atoms. The molecule has 0 fully saturated rings. The van der Waals surface area contributed by atoms with Crippen molar-refractivity contribution in [3.63, 3.8) is 0 Å². The molecule has 0 aliphatic carbocycles. The fourth-order valence-corrected chi connectivity index (χ4v) is 6.57. The largest absolute Gasteiger partial charge is 0.525 e.